The number of aromatic nitrogens is 1. The summed E-state index contributed by atoms with van der Waals surface area (Å²) in [5, 5.41) is 10.9. The van der Waals surface area contributed by atoms with Crippen molar-refractivity contribution in [1.29, 1.82) is 5.26 Å². The van der Waals surface area contributed by atoms with Gasteiger partial charge in [-0.25, -0.2) is 4.98 Å². The molecule has 0 radical (unpaired) electrons. The Balaban J connectivity index is 1.90. The Labute approximate surface area is 88.0 Å². The molecule has 2 rings (SSSR count). The number of nitrogens with zero attached hydrogens (tertiary/aromatic N) is 3. The SMILES string of the molecule is N#CC1CCCN(Cc2cscn2)C1. The molecule has 3 nitrogen and oxygen atoms in total. The summed E-state index contributed by atoms with van der Waals surface area (Å²) < 4.78 is 0. The zero-order chi connectivity index (χ0) is 9.80. The van der Waals surface area contributed by atoms with Crippen LogP contribution >= 0.6 is 11.3 Å². The predicted octanol–water partition coefficient (Wildman–Crippen LogP) is 1.88. The van der Waals surface area contributed by atoms with Gasteiger partial charge in [-0.2, -0.15) is 5.26 Å². The van der Waals surface area contributed by atoms with E-state index >= 15 is 0 Å². The summed E-state index contributed by atoms with van der Waals surface area (Å²) in [6, 6.07) is 2.35. The van der Waals surface area contributed by atoms with E-state index in [1.165, 1.54) is 0 Å². The van der Waals surface area contributed by atoms with Gasteiger partial charge in [0.05, 0.1) is 23.2 Å². The second kappa shape index (κ2) is 4.54. The highest BCUT2D eigenvalue weighted by atomic mass is 32.1. The molecule has 1 atom stereocenters. The van der Waals surface area contributed by atoms with E-state index in [0.29, 0.717) is 0 Å². The molecule has 0 saturated carbocycles. The van der Waals surface area contributed by atoms with Gasteiger partial charge >= 0.3 is 0 Å². The third kappa shape index (κ3) is 2.31. The molecular formula is C10H13N3S. The second-order valence-corrected chi connectivity index (χ2v) is 4.40. The van der Waals surface area contributed by atoms with Gasteiger partial charge in [-0.05, 0) is 19.4 Å². The molecule has 0 bridgehead atoms. The normalized spacial score (nSPS) is 23.2. The third-order valence-electron chi connectivity index (χ3n) is 2.56. The molecule has 1 fully saturated rings. The lowest BCUT2D eigenvalue weighted by molar-refractivity contribution is 0.190. The smallest absolute Gasteiger partial charge is 0.0795 e. The van der Waals surface area contributed by atoms with Crippen molar-refractivity contribution in [3.63, 3.8) is 0 Å². The molecule has 0 N–H and O–H groups in total. The van der Waals surface area contributed by atoms with Crippen LogP contribution in [0, 0.1) is 17.2 Å². The molecule has 0 aliphatic carbocycles. The Kier molecular flexibility index (Phi) is 3.12. The van der Waals surface area contributed by atoms with Crippen molar-refractivity contribution >= 4 is 11.3 Å². The lowest BCUT2D eigenvalue weighted by atomic mass is 10.00. The lowest BCUT2D eigenvalue weighted by Crippen LogP contribution is -2.34. The summed E-state index contributed by atoms with van der Waals surface area (Å²) in [7, 11) is 0. The van der Waals surface area contributed by atoms with Gasteiger partial charge in [0, 0.05) is 18.5 Å². The fourth-order valence-electron chi connectivity index (χ4n) is 1.85. The number of rotatable bonds is 2. The molecule has 14 heavy (non-hydrogen) atoms. The van der Waals surface area contributed by atoms with Crippen LogP contribution < -0.4 is 0 Å². The van der Waals surface area contributed by atoms with E-state index in [0.717, 1.165) is 38.2 Å². The van der Waals surface area contributed by atoms with E-state index in [1.807, 2.05) is 5.51 Å². The average Bonchev–Trinajstić information content (AvgIpc) is 2.71. The number of thiazole rings is 1. The number of nitriles is 1. The highest BCUT2D eigenvalue weighted by Gasteiger charge is 2.19. The van der Waals surface area contributed by atoms with Crippen LogP contribution in [0.25, 0.3) is 0 Å². The van der Waals surface area contributed by atoms with Crippen molar-refractivity contribution in [2.24, 2.45) is 5.92 Å². The minimum absolute atomic E-state index is 0.224. The molecule has 0 amide bonds. The van der Waals surface area contributed by atoms with Crippen molar-refractivity contribution in [2.75, 3.05) is 13.1 Å². The highest BCUT2D eigenvalue weighted by molar-refractivity contribution is 7.07. The van der Waals surface area contributed by atoms with E-state index in [1.54, 1.807) is 11.3 Å². The van der Waals surface area contributed by atoms with Gasteiger partial charge < -0.3 is 0 Å². The topological polar surface area (TPSA) is 39.9 Å². The van der Waals surface area contributed by atoms with Crippen molar-refractivity contribution in [3.8, 4) is 6.07 Å². The number of hydrogen-bond acceptors (Lipinski definition) is 4. The quantitative estimate of drug-likeness (QED) is 0.743. The van der Waals surface area contributed by atoms with Crippen LogP contribution in [0.15, 0.2) is 10.9 Å². The van der Waals surface area contributed by atoms with Gasteiger partial charge in [-0.15, -0.1) is 11.3 Å². The maximum atomic E-state index is 8.84. The lowest BCUT2D eigenvalue weighted by Gasteiger charge is -2.28. The summed E-state index contributed by atoms with van der Waals surface area (Å²) in [6.07, 6.45) is 2.20. The largest absolute Gasteiger partial charge is 0.296 e. The highest BCUT2D eigenvalue weighted by Crippen LogP contribution is 2.17. The van der Waals surface area contributed by atoms with E-state index < -0.39 is 0 Å². The van der Waals surface area contributed by atoms with Crippen LogP contribution in [-0.2, 0) is 6.54 Å². The van der Waals surface area contributed by atoms with Crippen molar-refractivity contribution in [2.45, 2.75) is 19.4 Å². The third-order valence-corrected chi connectivity index (χ3v) is 3.19. The van der Waals surface area contributed by atoms with Crippen molar-refractivity contribution < 1.29 is 0 Å². The molecular weight excluding hydrogens is 194 g/mol. The first-order chi connectivity index (χ1) is 6.88. The van der Waals surface area contributed by atoms with Gasteiger partial charge in [0.15, 0.2) is 0 Å². The minimum Gasteiger partial charge on any atom is -0.296 e. The minimum atomic E-state index is 0.224. The first kappa shape index (κ1) is 9.63. The number of piperidine rings is 1. The molecule has 1 unspecified atom stereocenters. The Morgan fingerprint density at radius 3 is 3.36 bits per heavy atom. The molecule has 1 saturated heterocycles. The van der Waals surface area contributed by atoms with Crippen LogP contribution in [0.4, 0.5) is 0 Å². The standard InChI is InChI=1S/C10H13N3S/c11-4-9-2-1-3-13(5-9)6-10-7-14-8-12-10/h7-9H,1-3,5-6H2. The molecule has 0 spiro atoms. The summed E-state index contributed by atoms with van der Waals surface area (Å²) in [5.74, 6) is 0.224. The molecule has 0 aromatic carbocycles. The first-order valence-corrected chi connectivity index (χ1v) is 5.82. The predicted molar refractivity (Wildman–Crippen MR) is 55.7 cm³/mol. The van der Waals surface area contributed by atoms with Crippen LogP contribution in [0.2, 0.25) is 0 Å². The van der Waals surface area contributed by atoms with Crippen LogP contribution in [-0.4, -0.2) is 23.0 Å². The van der Waals surface area contributed by atoms with E-state index in [4.69, 9.17) is 5.26 Å². The van der Waals surface area contributed by atoms with Crippen molar-refractivity contribution in [3.05, 3.63) is 16.6 Å². The first-order valence-electron chi connectivity index (χ1n) is 4.87. The number of hydrogen-bond donors (Lipinski definition) is 0. The fourth-order valence-corrected chi connectivity index (χ4v) is 2.40. The van der Waals surface area contributed by atoms with Crippen LogP contribution in [0.5, 0.6) is 0 Å². The molecule has 4 heteroatoms. The molecule has 1 aliphatic rings. The summed E-state index contributed by atoms with van der Waals surface area (Å²) >= 11 is 1.63. The molecule has 2 heterocycles. The van der Waals surface area contributed by atoms with Crippen molar-refractivity contribution in [1.82, 2.24) is 9.88 Å². The van der Waals surface area contributed by atoms with Crippen LogP contribution in [0.3, 0.4) is 0 Å². The van der Waals surface area contributed by atoms with Gasteiger partial charge in [-0.1, -0.05) is 0 Å². The van der Waals surface area contributed by atoms with E-state index in [-0.39, 0.29) is 5.92 Å². The summed E-state index contributed by atoms with van der Waals surface area (Å²) in [5.41, 5.74) is 3.00. The number of likely N-dealkylation sites (tertiary alicyclic amines) is 1. The van der Waals surface area contributed by atoms with E-state index in [9.17, 15) is 0 Å². The monoisotopic (exact) mass is 207 g/mol. The molecule has 74 valence electrons. The molecule has 1 aromatic heterocycles. The Bertz CT molecular complexity index is 315. The maximum Gasteiger partial charge on any atom is 0.0795 e. The van der Waals surface area contributed by atoms with Gasteiger partial charge in [-0.3, -0.25) is 4.90 Å². The Morgan fingerprint density at radius 1 is 1.71 bits per heavy atom. The van der Waals surface area contributed by atoms with Gasteiger partial charge in [0.25, 0.3) is 0 Å². The zero-order valence-electron chi connectivity index (χ0n) is 8.02. The zero-order valence-corrected chi connectivity index (χ0v) is 8.83. The average molecular weight is 207 g/mol. The Hall–Kier alpha value is -0.920. The van der Waals surface area contributed by atoms with Gasteiger partial charge in [0.1, 0.15) is 0 Å². The van der Waals surface area contributed by atoms with Crippen LogP contribution in [0.1, 0.15) is 18.5 Å². The fraction of sp³-hybridized carbons (Fsp3) is 0.600. The summed E-state index contributed by atoms with van der Waals surface area (Å²) in [6.45, 7) is 2.92. The molecule has 1 aliphatic heterocycles. The van der Waals surface area contributed by atoms with E-state index in [2.05, 4.69) is 21.3 Å². The second-order valence-electron chi connectivity index (χ2n) is 3.68. The summed E-state index contributed by atoms with van der Waals surface area (Å²) in [4.78, 5) is 6.58. The van der Waals surface area contributed by atoms with Gasteiger partial charge in [0.2, 0.25) is 0 Å². The Morgan fingerprint density at radius 2 is 2.64 bits per heavy atom. The molecule has 1 aromatic rings. The maximum absolute atomic E-state index is 8.84.